The fraction of sp³-hybridized carbons (Fsp3) is 0.438. The highest BCUT2D eigenvalue weighted by atomic mass is 16.6. The monoisotopic (exact) mass is 304 g/mol. The number of fused-ring (bicyclic) bond motifs is 1. The summed E-state index contributed by atoms with van der Waals surface area (Å²) in [6.07, 6.45) is 0. The van der Waals surface area contributed by atoms with Gasteiger partial charge in [-0.25, -0.2) is 9.48 Å². The Bertz CT molecular complexity index is 722. The molecule has 0 N–H and O–H groups in total. The highest BCUT2D eigenvalue weighted by Gasteiger charge is 2.18. The molecule has 6 heteroatoms. The summed E-state index contributed by atoms with van der Waals surface area (Å²) < 4.78 is 11.6. The molecule has 22 heavy (non-hydrogen) atoms. The molecule has 2 rings (SSSR count). The van der Waals surface area contributed by atoms with Crippen molar-refractivity contribution in [2.24, 2.45) is 0 Å². The third kappa shape index (κ3) is 3.33. The molecule has 0 fully saturated rings. The standard InChI is InChI=1S/C16H20N2O4/c1-4-21-9-10-22-16(20)14-12-7-5-6-8-13(12)15(19)18(17-14)11(2)3/h5-8,11H,4,9-10H2,1-3H3. The van der Waals surface area contributed by atoms with Crippen molar-refractivity contribution in [2.75, 3.05) is 19.8 Å². The Labute approximate surface area is 128 Å². The summed E-state index contributed by atoms with van der Waals surface area (Å²) in [6.45, 7) is 6.61. The van der Waals surface area contributed by atoms with Gasteiger partial charge in [0, 0.05) is 12.0 Å². The Morgan fingerprint density at radius 1 is 1.23 bits per heavy atom. The van der Waals surface area contributed by atoms with Crippen LogP contribution in [-0.2, 0) is 9.47 Å². The molecule has 2 aromatic rings. The van der Waals surface area contributed by atoms with Crippen molar-refractivity contribution < 1.29 is 14.3 Å². The number of benzene rings is 1. The number of aromatic nitrogens is 2. The van der Waals surface area contributed by atoms with Crippen molar-refractivity contribution in [3.63, 3.8) is 0 Å². The third-order valence-corrected chi connectivity index (χ3v) is 3.18. The van der Waals surface area contributed by atoms with Crippen LogP contribution in [0.4, 0.5) is 0 Å². The van der Waals surface area contributed by atoms with E-state index in [9.17, 15) is 9.59 Å². The molecule has 0 aliphatic rings. The normalized spacial score (nSPS) is 11.1. The first-order valence-electron chi connectivity index (χ1n) is 7.32. The van der Waals surface area contributed by atoms with Crippen LogP contribution in [0.25, 0.3) is 10.8 Å². The van der Waals surface area contributed by atoms with Crippen LogP contribution in [0.2, 0.25) is 0 Å². The molecule has 0 radical (unpaired) electrons. The molecule has 0 unspecified atom stereocenters. The number of esters is 1. The zero-order valence-electron chi connectivity index (χ0n) is 13.0. The highest BCUT2D eigenvalue weighted by molar-refractivity contribution is 6.02. The Morgan fingerprint density at radius 2 is 1.91 bits per heavy atom. The first-order valence-corrected chi connectivity index (χ1v) is 7.32. The quantitative estimate of drug-likeness (QED) is 0.604. The van der Waals surface area contributed by atoms with Crippen LogP contribution in [0.5, 0.6) is 0 Å². The van der Waals surface area contributed by atoms with Crippen molar-refractivity contribution in [3.05, 3.63) is 40.3 Å². The van der Waals surface area contributed by atoms with Crippen LogP contribution in [0.1, 0.15) is 37.3 Å². The van der Waals surface area contributed by atoms with Gasteiger partial charge in [-0.3, -0.25) is 4.79 Å². The van der Waals surface area contributed by atoms with Gasteiger partial charge in [-0.1, -0.05) is 18.2 Å². The van der Waals surface area contributed by atoms with Gasteiger partial charge < -0.3 is 9.47 Å². The molecule has 118 valence electrons. The van der Waals surface area contributed by atoms with E-state index in [2.05, 4.69) is 5.10 Å². The minimum atomic E-state index is -0.551. The van der Waals surface area contributed by atoms with Gasteiger partial charge in [0.25, 0.3) is 5.56 Å². The lowest BCUT2D eigenvalue weighted by Gasteiger charge is -2.13. The van der Waals surface area contributed by atoms with Gasteiger partial charge in [-0.2, -0.15) is 5.10 Å². The second-order valence-corrected chi connectivity index (χ2v) is 5.07. The summed E-state index contributed by atoms with van der Waals surface area (Å²) in [5, 5.41) is 5.15. The molecule has 0 saturated carbocycles. The van der Waals surface area contributed by atoms with Crippen LogP contribution in [0.3, 0.4) is 0 Å². The lowest BCUT2D eigenvalue weighted by Crippen LogP contribution is -2.28. The molecule has 0 aliphatic carbocycles. The van der Waals surface area contributed by atoms with Crippen molar-refractivity contribution in [1.82, 2.24) is 9.78 Å². The van der Waals surface area contributed by atoms with E-state index in [1.54, 1.807) is 24.3 Å². The third-order valence-electron chi connectivity index (χ3n) is 3.18. The van der Waals surface area contributed by atoms with Crippen LogP contribution >= 0.6 is 0 Å². The number of nitrogens with zero attached hydrogens (tertiary/aromatic N) is 2. The summed E-state index contributed by atoms with van der Waals surface area (Å²) in [5.74, 6) is -0.551. The molecule has 1 aromatic heterocycles. The second-order valence-electron chi connectivity index (χ2n) is 5.07. The molecule has 1 heterocycles. The number of carbonyl (C=O) groups is 1. The number of hydrogen-bond acceptors (Lipinski definition) is 5. The average molecular weight is 304 g/mol. The topological polar surface area (TPSA) is 70.4 Å². The van der Waals surface area contributed by atoms with E-state index in [4.69, 9.17) is 9.47 Å². The number of rotatable bonds is 6. The molecule has 0 amide bonds. The van der Waals surface area contributed by atoms with Crippen molar-refractivity contribution in [2.45, 2.75) is 26.8 Å². The van der Waals surface area contributed by atoms with Gasteiger partial charge in [-0.05, 0) is 26.8 Å². The molecular weight excluding hydrogens is 284 g/mol. The molecular formula is C16H20N2O4. The number of ether oxygens (including phenoxy) is 2. The first kappa shape index (κ1) is 16.2. The van der Waals surface area contributed by atoms with E-state index >= 15 is 0 Å². The fourth-order valence-corrected chi connectivity index (χ4v) is 2.11. The molecule has 0 bridgehead atoms. The Balaban J connectivity index is 2.42. The predicted octanol–water partition coefficient (Wildman–Crippen LogP) is 2.17. The van der Waals surface area contributed by atoms with E-state index < -0.39 is 5.97 Å². The Hall–Kier alpha value is -2.21. The minimum Gasteiger partial charge on any atom is -0.458 e. The van der Waals surface area contributed by atoms with E-state index in [1.807, 2.05) is 20.8 Å². The van der Waals surface area contributed by atoms with Crippen LogP contribution in [-0.4, -0.2) is 35.6 Å². The smallest absolute Gasteiger partial charge is 0.359 e. The van der Waals surface area contributed by atoms with E-state index in [0.29, 0.717) is 24.0 Å². The van der Waals surface area contributed by atoms with E-state index in [-0.39, 0.29) is 23.9 Å². The Kier molecular flexibility index (Phi) is 5.27. The van der Waals surface area contributed by atoms with Crippen molar-refractivity contribution >= 4 is 16.7 Å². The van der Waals surface area contributed by atoms with Gasteiger partial charge in [0.1, 0.15) is 6.61 Å². The molecule has 0 aliphatic heterocycles. The fourth-order valence-electron chi connectivity index (χ4n) is 2.11. The lowest BCUT2D eigenvalue weighted by molar-refractivity contribution is 0.0329. The van der Waals surface area contributed by atoms with Gasteiger partial charge in [0.05, 0.1) is 18.0 Å². The van der Waals surface area contributed by atoms with Gasteiger partial charge in [-0.15, -0.1) is 0 Å². The molecule has 0 spiro atoms. The van der Waals surface area contributed by atoms with Gasteiger partial charge >= 0.3 is 5.97 Å². The van der Waals surface area contributed by atoms with Crippen LogP contribution in [0.15, 0.2) is 29.1 Å². The molecule has 1 aromatic carbocycles. The van der Waals surface area contributed by atoms with E-state index in [0.717, 1.165) is 0 Å². The average Bonchev–Trinajstić information content (AvgIpc) is 2.51. The summed E-state index contributed by atoms with van der Waals surface area (Å²) in [7, 11) is 0. The molecule has 6 nitrogen and oxygen atoms in total. The highest BCUT2D eigenvalue weighted by Crippen LogP contribution is 2.15. The maximum atomic E-state index is 12.4. The predicted molar refractivity (Wildman–Crippen MR) is 83.2 cm³/mol. The molecule has 0 saturated heterocycles. The summed E-state index contributed by atoms with van der Waals surface area (Å²) in [6, 6.07) is 6.77. The van der Waals surface area contributed by atoms with Crippen molar-refractivity contribution in [3.8, 4) is 0 Å². The molecule has 0 atom stereocenters. The summed E-state index contributed by atoms with van der Waals surface area (Å²) in [5.41, 5.74) is -0.0585. The first-order chi connectivity index (χ1) is 10.6. The number of hydrogen-bond donors (Lipinski definition) is 0. The number of carbonyl (C=O) groups excluding carboxylic acids is 1. The zero-order valence-corrected chi connectivity index (χ0v) is 13.0. The minimum absolute atomic E-state index is 0.146. The Morgan fingerprint density at radius 3 is 2.55 bits per heavy atom. The zero-order chi connectivity index (χ0) is 16.1. The SMILES string of the molecule is CCOCCOC(=O)c1nn(C(C)C)c(=O)c2ccccc12. The van der Waals surface area contributed by atoms with Crippen LogP contribution in [0, 0.1) is 0 Å². The van der Waals surface area contributed by atoms with Gasteiger partial charge in [0.15, 0.2) is 5.69 Å². The van der Waals surface area contributed by atoms with Gasteiger partial charge in [0.2, 0.25) is 0 Å². The van der Waals surface area contributed by atoms with Crippen molar-refractivity contribution in [1.29, 1.82) is 0 Å². The summed E-state index contributed by atoms with van der Waals surface area (Å²) >= 11 is 0. The largest absolute Gasteiger partial charge is 0.458 e. The maximum Gasteiger partial charge on any atom is 0.359 e. The summed E-state index contributed by atoms with van der Waals surface area (Å²) in [4.78, 5) is 24.6. The van der Waals surface area contributed by atoms with Crippen LogP contribution < -0.4 is 5.56 Å². The second kappa shape index (κ2) is 7.17. The van der Waals surface area contributed by atoms with E-state index in [1.165, 1.54) is 4.68 Å². The maximum absolute atomic E-state index is 12.4. The lowest BCUT2D eigenvalue weighted by atomic mass is 10.1.